The fourth-order valence-electron chi connectivity index (χ4n) is 1.72. The van der Waals surface area contributed by atoms with Crippen molar-refractivity contribution in [2.75, 3.05) is 13.1 Å². The van der Waals surface area contributed by atoms with E-state index < -0.39 is 0 Å². The van der Waals surface area contributed by atoms with Crippen LogP contribution in [0.25, 0.3) is 0 Å². The highest BCUT2D eigenvalue weighted by atomic mass is 16.2. The number of benzene rings is 1. The normalized spacial score (nSPS) is 14.6. The van der Waals surface area contributed by atoms with E-state index in [1.54, 1.807) is 5.01 Å². The maximum absolute atomic E-state index is 11.9. The third-order valence-corrected chi connectivity index (χ3v) is 2.47. The van der Waals surface area contributed by atoms with Crippen LogP contribution in [0.1, 0.15) is 15.9 Å². The van der Waals surface area contributed by atoms with Gasteiger partial charge in [-0.3, -0.25) is 9.80 Å². The topological polar surface area (TPSA) is 32.3 Å². The van der Waals surface area contributed by atoms with E-state index in [9.17, 15) is 4.79 Å². The zero-order valence-electron chi connectivity index (χ0n) is 8.36. The molecule has 1 aliphatic rings. The molecule has 3 nitrogen and oxygen atoms in total. The first-order valence-electron chi connectivity index (χ1n) is 4.89. The van der Waals surface area contributed by atoms with Gasteiger partial charge in [-0.2, -0.15) is 0 Å². The number of hydrogen-bond acceptors (Lipinski definition) is 2. The molecule has 0 bridgehead atoms. The van der Waals surface area contributed by atoms with Gasteiger partial charge in [0, 0.05) is 12.1 Å². The number of nitrogens with zero attached hydrogens (tertiary/aromatic N) is 1. The largest absolute Gasteiger partial charge is 0.273 e. The summed E-state index contributed by atoms with van der Waals surface area (Å²) in [6.45, 7) is 1.06. The summed E-state index contributed by atoms with van der Waals surface area (Å²) >= 11 is 0. The van der Waals surface area contributed by atoms with Gasteiger partial charge in [-0.1, -0.05) is 24.1 Å². The van der Waals surface area contributed by atoms with E-state index in [1.165, 1.54) is 0 Å². The predicted molar refractivity (Wildman–Crippen MR) is 58.0 cm³/mol. The fourth-order valence-corrected chi connectivity index (χ4v) is 1.72. The maximum Gasteiger partial charge on any atom is 0.268 e. The van der Waals surface area contributed by atoms with Crippen molar-refractivity contribution in [3.8, 4) is 12.3 Å². The SMILES string of the molecule is C#CCNN1CCc2ccccc2C1=O. The summed E-state index contributed by atoms with van der Waals surface area (Å²) in [4.78, 5) is 11.9. The molecule has 0 saturated carbocycles. The van der Waals surface area contributed by atoms with Gasteiger partial charge in [-0.15, -0.1) is 6.42 Å². The molecule has 2 rings (SSSR count). The Kier molecular flexibility index (Phi) is 2.70. The van der Waals surface area contributed by atoms with Crippen molar-refractivity contribution < 1.29 is 4.79 Å². The van der Waals surface area contributed by atoms with E-state index >= 15 is 0 Å². The van der Waals surface area contributed by atoms with Gasteiger partial charge in [0.2, 0.25) is 0 Å². The van der Waals surface area contributed by atoms with Crippen molar-refractivity contribution >= 4 is 5.91 Å². The quantitative estimate of drug-likeness (QED) is 0.717. The van der Waals surface area contributed by atoms with Crippen LogP contribution < -0.4 is 5.43 Å². The summed E-state index contributed by atoms with van der Waals surface area (Å²) in [5, 5.41) is 1.59. The number of amides is 1. The molecule has 1 aromatic rings. The molecule has 3 heteroatoms. The molecule has 76 valence electrons. The van der Waals surface area contributed by atoms with Crippen LogP contribution in [0, 0.1) is 12.3 Å². The van der Waals surface area contributed by atoms with E-state index in [0.717, 1.165) is 17.5 Å². The lowest BCUT2D eigenvalue weighted by Gasteiger charge is -2.28. The monoisotopic (exact) mass is 200 g/mol. The number of terminal acetylenes is 1. The Balaban J connectivity index is 2.19. The summed E-state index contributed by atoms with van der Waals surface area (Å²) in [7, 11) is 0. The van der Waals surface area contributed by atoms with Gasteiger partial charge in [0.25, 0.3) is 5.91 Å². The Morgan fingerprint density at radius 2 is 2.27 bits per heavy atom. The molecule has 0 aromatic heterocycles. The first-order valence-corrected chi connectivity index (χ1v) is 4.89. The number of hydrazine groups is 1. The zero-order valence-corrected chi connectivity index (χ0v) is 8.36. The molecule has 0 spiro atoms. The van der Waals surface area contributed by atoms with Gasteiger partial charge < -0.3 is 0 Å². The summed E-state index contributed by atoms with van der Waals surface area (Å²) < 4.78 is 0. The van der Waals surface area contributed by atoms with Crippen LogP contribution in [0.5, 0.6) is 0 Å². The smallest absolute Gasteiger partial charge is 0.268 e. The third kappa shape index (κ3) is 1.85. The van der Waals surface area contributed by atoms with Gasteiger partial charge in [0.05, 0.1) is 6.54 Å². The van der Waals surface area contributed by atoms with Crippen molar-refractivity contribution in [3.05, 3.63) is 35.4 Å². The van der Waals surface area contributed by atoms with E-state index in [4.69, 9.17) is 6.42 Å². The highest BCUT2D eigenvalue weighted by molar-refractivity contribution is 5.96. The molecule has 0 unspecified atom stereocenters. The number of hydrogen-bond donors (Lipinski definition) is 1. The Morgan fingerprint density at radius 1 is 1.47 bits per heavy atom. The van der Waals surface area contributed by atoms with Crippen LogP contribution in [0.3, 0.4) is 0 Å². The second-order valence-electron chi connectivity index (χ2n) is 3.40. The van der Waals surface area contributed by atoms with Crippen molar-refractivity contribution in [1.82, 2.24) is 10.4 Å². The van der Waals surface area contributed by atoms with Crippen molar-refractivity contribution in [3.63, 3.8) is 0 Å². The van der Waals surface area contributed by atoms with Crippen LogP contribution >= 0.6 is 0 Å². The summed E-state index contributed by atoms with van der Waals surface area (Å²) in [6, 6.07) is 7.67. The van der Waals surface area contributed by atoms with E-state index in [0.29, 0.717) is 13.1 Å². The number of fused-ring (bicyclic) bond motifs is 1. The Labute approximate surface area is 89.1 Å². The van der Waals surface area contributed by atoms with Gasteiger partial charge in [-0.25, -0.2) is 5.43 Å². The minimum absolute atomic E-state index is 0.00657. The molecule has 0 radical (unpaired) electrons. The second-order valence-corrected chi connectivity index (χ2v) is 3.40. The molecule has 15 heavy (non-hydrogen) atoms. The minimum atomic E-state index is 0.00657. The predicted octanol–water partition coefficient (Wildman–Crippen LogP) is 0.823. The molecule has 1 N–H and O–H groups in total. The highest BCUT2D eigenvalue weighted by Crippen LogP contribution is 2.16. The fraction of sp³-hybridized carbons (Fsp3) is 0.250. The number of carbonyl (C=O) groups is 1. The number of nitrogens with one attached hydrogen (secondary N) is 1. The number of rotatable bonds is 2. The molecule has 1 amide bonds. The van der Waals surface area contributed by atoms with Crippen molar-refractivity contribution in [1.29, 1.82) is 0 Å². The minimum Gasteiger partial charge on any atom is -0.273 e. The lowest BCUT2D eigenvalue weighted by molar-refractivity contribution is 0.0652. The molecular weight excluding hydrogens is 188 g/mol. The maximum atomic E-state index is 11.9. The molecule has 0 fully saturated rings. The van der Waals surface area contributed by atoms with Crippen molar-refractivity contribution in [2.45, 2.75) is 6.42 Å². The second kappa shape index (κ2) is 4.16. The molecule has 0 aliphatic carbocycles. The average molecular weight is 200 g/mol. The highest BCUT2D eigenvalue weighted by Gasteiger charge is 2.22. The summed E-state index contributed by atoms with van der Waals surface area (Å²) in [6.07, 6.45) is 6.01. The molecule has 1 aromatic carbocycles. The van der Waals surface area contributed by atoms with Crippen LogP contribution in [0.15, 0.2) is 24.3 Å². The van der Waals surface area contributed by atoms with Crippen LogP contribution in [0.4, 0.5) is 0 Å². The summed E-state index contributed by atoms with van der Waals surface area (Å²) in [5.74, 6) is 2.46. The Bertz CT molecular complexity index is 420. The van der Waals surface area contributed by atoms with Gasteiger partial charge in [-0.05, 0) is 18.1 Å². The third-order valence-electron chi connectivity index (χ3n) is 2.47. The molecule has 0 saturated heterocycles. The summed E-state index contributed by atoms with van der Waals surface area (Å²) in [5.41, 5.74) is 4.79. The van der Waals surface area contributed by atoms with Gasteiger partial charge in [0.1, 0.15) is 0 Å². The number of carbonyl (C=O) groups excluding carboxylic acids is 1. The molecular formula is C12H12N2O. The van der Waals surface area contributed by atoms with Gasteiger partial charge in [0.15, 0.2) is 0 Å². The first kappa shape index (κ1) is 9.75. The van der Waals surface area contributed by atoms with Crippen LogP contribution in [-0.4, -0.2) is 24.0 Å². The Hall–Kier alpha value is -1.79. The van der Waals surface area contributed by atoms with E-state index in [2.05, 4.69) is 11.3 Å². The molecule has 1 heterocycles. The Morgan fingerprint density at radius 3 is 3.07 bits per heavy atom. The van der Waals surface area contributed by atoms with Crippen LogP contribution in [-0.2, 0) is 6.42 Å². The first-order chi connectivity index (χ1) is 7.33. The standard InChI is InChI=1S/C12H12N2O/c1-2-8-13-14-9-7-10-5-3-4-6-11(10)12(14)15/h1,3-6,13H,7-9H2. The molecule has 0 atom stereocenters. The lowest BCUT2D eigenvalue weighted by Crippen LogP contribution is -2.47. The zero-order chi connectivity index (χ0) is 10.7. The van der Waals surface area contributed by atoms with Crippen LogP contribution in [0.2, 0.25) is 0 Å². The molecule has 1 aliphatic heterocycles. The van der Waals surface area contributed by atoms with E-state index in [1.807, 2.05) is 24.3 Å². The average Bonchev–Trinajstić information content (AvgIpc) is 2.29. The van der Waals surface area contributed by atoms with E-state index in [-0.39, 0.29) is 5.91 Å². The lowest BCUT2D eigenvalue weighted by atomic mass is 10.0. The van der Waals surface area contributed by atoms with Gasteiger partial charge >= 0.3 is 0 Å². The van der Waals surface area contributed by atoms with Crippen molar-refractivity contribution in [2.24, 2.45) is 0 Å².